The van der Waals surface area contributed by atoms with Gasteiger partial charge in [-0.2, -0.15) is 0 Å². The molecule has 1 aliphatic rings. The first-order chi connectivity index (χ1) is 11.9. The van der Waals surface area contributed by atoms with Crippen LogP contribution in [-0.2, 0) is 15.2 Å². The Morgan fingerprint density at radius 1 is 1.20 bits per heavy atom. The number of carbonyl (C=O) groups is 2. The average Bonchev–Trinajstić information content (AvgIpc) is 2.78. The standard InChI is InChI=1S/C19H18ClNO4/c1-13(22)12-19(24)16-4-2-3-5-17(16)21(18(19)23)10-11-25-15-8-6-14(20)7-9-15/h2-9,24H,10-12H2,1H3. The lowest BCUT2D eigenvalue weighted by atomic mass is 9.90. The van der Waals surface area contributed by atoms with Gasteiger partial charge in [0.2, 0.25) is 0 Å². The van der Waals surface area contributed by atoms with Crippen molar-refractivity contribution in [3.05, 3.63) is 59.1 Å². The normalized spacial score (nSPS) is 19.0. The van der Waals surface area contributed by atoms with Gasteiger partial charge < -0.3 is 14.7 Å². The van der Waals surface area contributed by atoms with E-state index in [4.69, 9.17) is 16.3 Å². The van der Waals surface area contributed by atoms with E-state index in [-0.39, 0.29) is 25.4 Å². The van der Waals surface area contributed by atoms with E-state index in [2.05, 4.69) is 0 Å². The first-order valence-corrected chi connectivity index (χ1v) is 8.31. The van der Waals surface area contributed by atoms with Crippen LogP contribution < -0.4 is 9.64 Å². The molecule has 1 heterocycles. The van der Waals surface area contributed by atoms with E-state index in [0.717, 1.165) is 0 Å². The SMILES string of the molecule is CC(=O)CC1(O)C(=O)N(CCOc2ccc(Cl)cc2)c2ccccc21. The van der Waals surface area contributed by atoms with E-state index < -0.39 is 11.5 Å². The number of ether oxygens (including phenoxy) is 1. The molecule has 0 spiro atoms. The lowest BCUT2D eigenvalue weighted by molar-refractivity contribution is -0.141. The predicted octanol–water partition coefficient (Wildman–Crippen LogP) is 2.93. The van der Waals surface area contributed by atoms with E-state index in [9.17, 15) is 14.7 Å². The number of hydrogen-bond acceptors (Lipinski definition) is 4. The van der Waals surface area contributed by atoms with Gasteiger partial charge in [-0.05, 0) is 37.3 Å². The van der Waals surface area contributed by atoms with Gasteiger partial charge in [0.05, 0.1) is 12.2 Å². The number of benzene rings is 2. The number of para-hydroxylation sites is 1. The van der Waals surface area contributed by atoms with E-state index >= 15 is 0 Å². The second kappa shape index (κ2) is 6.86. The van der Waals surface area contributed by atoms with Crippen molar-refractivity contribution >= 4 is 29.0 Å². The summed E-state index contributed by atoms with van der Waals surface area (Å²) in [6.45, 7) is 1.87. The number of hydrogen-bond donors (Lipinski definition) is 1. The van der Waals surface area contributed by atoms with E-state index in [1.54, 1.807) is 48.5 Å². The highest BCUT2D eigenvalue weighted by molar-refractivity contribution is 6.30. The lowest BCUT2D eigenvalue weighted by Gasteiger charge is -2.22. The summed E-state index contributed by atoms with van der Waals surface area (Å²) in [5.74, 6) is -0.100. The number of halogens is 1. The first kappa shape index (κ1) is 17.5. The molecule has 0 saturated heterocycles. The van der Waals surface area contributed by atoms with Crippen LogP contribution in [0.5, 0.6) is 5.75 Å². The van der Waals surface area contributed by atoms with Crippen molar-refractivity contribution in [1.29, 1.82) is 0 Å². The van der Waals surface area contributed by atoms with Gasteiger partial charge in [-0.25, -0.2) is 0 Å². The summed E-state index contributed by atoms with van der Waals surface area (Å²) in [7, 11) is 0. The molecule has 1 unspecified atom stereocenters. The molecule has 25 heavy (non-hydrogen) atoms. The number of nitrogens with zero attached hydrogens (tertiary/aromatic N) is 1. The number of fused-ring (bicyclic) bond motifs is 1. The number of carbonyl (C=O) groups excluding carboxylic acids is 2. The van der Waals surface area contributed by atoms with Gasteiger partial charge in [-0.3, -0.25) is 9.59 Å². The first-order valence-electron chi connectivity index (χ1n) is 7.93. The Balaban J connectivity index is 1.76. The Bertz CT molecular complexity index is 805. The van der Waals surface area contributed by atoms with Crippen LogP contribution in [0.25, 0.3) is 0 Å². The summed E-state index contributed by atoms with van der Waals surface area (Å²) in [6.07, 6.45) is -0.239. The van der Waals surface area contributed by atoms with E-state index in [1.807, 2.05) is 0 Å². The van der Waals surface area contributed by atoms with Crippen LogP contribution in [0.1, 0.15) is 18.9 Å². The zero-order valence-corrected chi connectivity index (χ0v) is 14.5. The minimum Gasteiger partial charge on any atom is -0.492 e. The predicted molar refractivity (Wildman–Crippen MR) is 94.9 cm³/mol. The smallest absolute Gasteiger partial charge is 0.264 e. The van der Waals surface area contributed by atoms with Crippen molar-refractivity contribution in [1.82, 2.24) is 0 Å². The van der Waals surface area contributed by atoms with Crippen molar-refractivity contribution in [2.45, 2.75) is 18.9 Å². The number of anilines is 1. The molecule has 1 atom stereocenters. The van der Waals surface area contributed by atoms with Gasteiger partial charge in [0.25, 0.3) is 5.91 Å². The second-order valence-corrected chi connectivity index (χ2v) is 6.45. The average molecular weight is 360 g/mol. The Labute approximate surface area is 150 Å². The molecule has 0 bridgehead atoms. The Hall–Kier alpha value is -2.37. The molecule has 1 amide bonds. The van der Waals surface area contributed by atoms with Crippen LogP contribution in [0.4, 0.5) is 5.69 Å². The summed E-state index contributed by atoms with van der Waals surface area (Å²) in [6, 6.07) is 13.9. The maximum Gasteiger partial charge on any atom is 0.264 e. The fourth-order valence-corrected chi connectivity index (χ4v) is 3.17. The number of Topliss-reactive ketones (excluding diaryl/α,β-unsaturated/α-hetero) is 1. The highest BCUT2D eigenvalue weighted by Gasteiger charge is 2.50. The monoisotopic (exact) mass is 359 g/mol. The van der Waals surface area contributed by atoms with Crippen molar-refractivity contribution in [3.8, 4) is 5.75 Å². The number of aliphatic hydroxyl groups is 1. The minimum absolute atomic E-state index is 0.239. The fraction of sp³-hybridized carbons (Fsp3) is 0.263. The van der Waals surface area contributed by atoms with Crippen LogP contribution in [0.3, 0.4) is 0 Å². The van der Waals surface area contributed by atoms with Crippen LogP contribution in [0, 0.1) is 0 Å². The van der Waals surface area contributed by atoms with Gasteiger partial charge >= 0.3 is 0 Å². The van der Waals surface area contributed by atoms with E-state index in [0.29, 0.717) is 22.0 Å². The zero-order valence-electron chi connectivity index (χ0n) is 13.7. The van der Waals surface area contributed by atoms with Crippen LogP contribution >= 0.6 is 11.6 Å². The maximum atomic E-state index is 12.8. The number of rotatable bonds is 6. The molecule has 3 rings (SSSR count). The Kier molecular flexibility index (Phi) is 4.79. The number of ketones is 1. The molecule has 0 fully saturated rings. The summed E-state index contributed by atoms with van der Waals surface area (Å²) < 4.78 is 5.63. The molecule has 6 heteroatoms. The van der Waals surface area contributed by atoms with Gasteiger partial charge in [0, 0.05) is 17.0 Å². The number of amides is 1. The largest absolute Gasteiger partial charge is 0.492 e. The maximum absolute atomic E-state index is 12.8. The molecular weight excluding hydrogens is 342 g/mol. The van der Waals surface area contributed by atoms with Gasteiger partial charge in [-0.1, -0.05) is 29.8 Å². The molecule has 2 aromatic rings. The molecule has 0 aromatic heterocycles. The molecule has 130 valence electrons. The molecule has 0 aliphatic carbocycles. The van der Waals surface area contributed by atoms with Crippen molar-refractivity contribution in [3.63, 3.8) is 0 Å². The topological polar surface area (TPSA) is 66.8 Å². The fourth-order valence-electron chi connectivity index (χ4n) is 3.05. The molecule has 0 saturated carbocycles. The summed E-state index contributed by atoms with van der Waals surface area (Å²) in [5.41, 5.74) is -0.736. The highest BCUT2D eigenvalue weighted by Crippen LogP contribution is 2.42. The van der Waals surface area contributed by atoms with Crippen molar-refractivity contribution in [2.75, 3.05) is 18.1 Å². The van der Waals surface area contributed by atoms with Gasteiger partial charge in [-0.15, -0.1) is 0 Å². The molecule has 0 radical (unpaired) electrons. The Morgan fingerprint density at radius 3 is 2.56 bits per heavy atom. The van der Waals surface area contributed by atoms with Gasteiger partial charge in [0.15, 0.2) is 5.60 Å². The molecule has 2 aromatic carbocycles. The van der Waals surface area contributed by atoms with Gasteiger partial charge in [0.1, 0.15) is 18.1 Å². The minimum atomic E-state index is -1.80. The third-order valence-corrected chi connectivity index (χ3v) is 4.39. The van der Waals surface area contributed by atoms with Crippen LogP contribution in [0.15, 0.2) is 48.5 Å². The van der Waals surface area contributed by atoms with Crippen LogP contribution in [-0.4, -0.2) is 29.9 Å². The quantitative estimate of drug-likeness (QED) is 0.861. The lowest BCUT2D eigenvalue weighted by Crippen LogP contribution is -2.43. The highest BCUT2D eigenvalue weighted by atomic mass is 35.5. The van der Waals surface area contributed by atoms with Crippen molar-refractivity contribution in [2.24, 2.45) is 0 Å². The second-order valence-electron chi connectivity index (χ2n) is 6.02. The molecule has 5 nitrogen and oxygen atoms in total. The third kappa shape index (κ3) is 3.38. The summed E-state index contributed by atoms with van der Waals surface area (Å²) in [5, 5.41) is 11.4. The molecule has 1 aliphatic heterocycles. The molecule has 1 N–H and O–H groups in total. The summed E-state index contributed by atoms with van der Waals surface area (Å²) in [4.78, 5) is 25.8. The van der Waals surface area contributed by atoms with E-state index in [1.165, 1.54) is 11.8 Å². The van der Waals surface area contributed by atoms with Crippen molar-refractivity contribution < 1.29 is 19.4 Å². The summed E-state index contributed by atoms with van der Waals surface area (Å²) >= 11 is 5.83. The molecular formula is C19H18ClNO4. The third-order valence-electron chi connectivity index (χ3n) is 4.14. The Morgan fingerprint density at radius 2 is 1.88 bits per heavy atom. The zero-order chi connectivity index (χ0) is 18.0. The van der Waals surface area contributed by atoms with Crippen LogP contribution in [0.2, 0.25) is 5.02 Å².